The van der Waals surface area contributed by atoms with Gasteiger partial charge in [0, 0.05) is 5.92 Å². The van der Waals surface area contributed by atoms with E-state index in [1.165, 1.54) is 0 Å². The van der Waals surface area contributed by atoms with Gasteiger partial charge in [-0.3, -0.25) is 4.79 Å². The molecule has 0 N–H and O–H groups in total. The van der Waals surface area contributed by atoms with Crippen molar-refractivity contribution in [1.82, 2.24) is 0 Å². The van der Waals surface area contributed by atoms with Gasteiger partial charge in [-0.2, -0.15) is 0 Å². The number of carbonyl (C=O) groups is 1. The molecule has 0 amide bonds. The lowest BCUT2D eigenvalue weighted by molar-refractivity contribution is -0.122. The highest BCUT2D eigenvalue weighted by atomic mass is 16.1. The maximum Gasteiger partial charge on any atom is 0.132 e. The molecular weight excluding hydrogens is 160 g/mol. The van der Waals surface area contributed by atoms with Crippen LogP contribution in [0.3, 0.4) is 0 Å². The SMILES string of the molecule is CC(=O)C(C)C(C)C(C)C(C)(C)C. The Balaban J connectivity index is 4.42. The summed E-state index contributed by atoms with van der Waals surface area (Å²) in [6.45, 7) is 14.9. The van der Waals surface area contributed by atoms with Gasteiger partial charge in [-0.05, 0) is 24.2 Å². The van der Waals surface area contributed by atoms with Crippen molar-refractivity contribution in [1.29, 1.82) is 0 Å². The van der Waals surface area contributed by atoms with Crippen molar-refractivity contribution >= 4 is 5.78 Å². The summed E-state index contributed by atoms with van der Waals surface area (Å²) in [6.07, 6.45) is 0. The summed E-state index contributed by atoms with van der Waals surface area (Å²) in [6, 6.07) is 0. The molecular formula is C12H24O. The van der Waals surface area contributed by atoms with Crippen LogP contribution in [0.4, 0.5) is 0 Å². The van der Waals surface area contributed by atoms with Crippen LogP contribution in [0, 0.1) is 23.2 Å². The Morgan fingerprint density at radius 2 is 1.46 bits per heavy atom. The maximum absolute atomic E-state index is 11.2. The highest BCUT2D eigenvalue weighted by molar-refractivity contribution is 5.78. The van der Waals surface area contributed by atoms with Gasteiger partial charge in [-0.15, -0.1) is 0 Å². The summed E-state index contributed by atoms with van der Waals surface area (Å²) in [5.41, 5.74) is 0.295. The Bertz CT molecular complexity index is 176. The van der Waals surface area contributed by atoms with Gasteiger partial charge < -0.3 is 0 Å². The van der Waals surface area contributed by atoms with Crippen molar-refractivity contribution in [2.24, 2.45) is 23.2 Å². The Morgan fingerprint density at radius 1 is 1.08 bits per heavy atom. The third kappa shape index (κ3) is 3.50. The molecule has 0 aliphatic heterocycles. The molecule has 1 nitrogen and oxygen atoms in total. The predicted molar refractivity (Wildman–Crippen MR) is 57.6 cm³/mol. The van der Waals surface area contributed by atoms with Gasteiger partial charge >= 0.3 is 0 Å². The second kappa shape index (κ2) is 4.26. The first-order valence-corrected chi connectivity index (χ1v) is 5.18. The van der Waals surface area contributed by atoms with Crippen molar-refractivity contribution < 1.29 is 4.79 Å². The number of rotatable bonds is 3. The molecule has 0 rings (SSSR count). The molecule has 0 aliphatic carbocycles. The number of carbonyl (C=O) groups excluding carboxylic acids is 1. The van der Waals surface area contributed by atoms with Gasteiger partial charge in [0.15, 0.2) is 0 Å². The van der Waals surface area contributed by atoms with E-state index < -0.39 is 0 Å². The summed E-state index contributed by atoms with van der Waals surface area (Å²) in [4.78, 5) is 11.2. The van der Waals surface area contributed by atoms with Gasteiger partial charge in [-0.1, -0.05) is 41.5 Å². The average Bonchev–Trinajstić information content (AvgIpc) is 1.98. The van der Waals surface area contributed by atoms with E-state index in [0.29, 0.717) is 23.0 Å². The quantitative estimate of drug-likeness (QED) is 0.655. The molecule has 0 aromatic heterocycles. The van der Waals surface area contributed by atoms with Gasteiger partial charge in [0.1, 0.15) is 5.78 Å². The zero-order chi connectivity index (χ0) is 10.8. The molecule has 0 saturated heterocycles. The van der Waals surface area contributed by atoms with E-state index in [9.17, 15) is 4.79 Å². The van der Waals surface area contributed by atoms with Crippen LogP contribution in [-0.2, 0) is 4.79 Å². The third-order valence-corrected chi connectivity index (χ3v) is 3.58. The minimum absolute atomic E-state index is 0.189. The Kier molecular flexibility index (Phi) is 4.15. The average molecular weight is 184 g/mol. The molecule has 0 radical (unpaired) electrons. The highest BCUT2D eigenvalue weighted by Crippen LogP contribution is 2.35. The lowest BCUT2D eigenvalue weighted by Crippen LogP contribution is -2.30. The Morgan fingerprint density at radius 3 is 1.69 bits per heavy atom. The fourth-order valence-electron chi connectivity index (χ4n) is 1.59. The summed E-state index contributed by atoms with van der Waals surface area (Å²) in [7, 11) is 0. The maximum atomic E-state index is 11.2. The lowest BCUT2D eigenvalue weighted by atomic mass is 9.70. The van der Waals surface area contributed by atoms with Gasteiger partial charge in [0.2, 0.25) is 0 Å². The number of ketones is 1. The molecule has 1 heteroatoms. The molecule has 3 atom stereocenters. The molecule has 0 heterocycles. The number of Topliss-reactive ketones (excluding diaryl/α,β-unsaturated/α-hetero) is 1. The van der Waals surface area contributed by atoms with Gasteiger partial charge in [0.05, 0.1) is 0 Å². The monoisotopic (exact) mass is 184 g/mol. The molecule has 0 fully saturated rings. The van der Waals surface area contributed by atoms with Crippen LogP contribution in [0.1, 0.15) is 48.5 Å². The minimum Gasteiger partial charge on any atom is -0.300 e. The van der Waals surface area contributed by atoms with Crippen LogP contribution < -0.4 is 0 Å². The molecule has 78 valence electrons. The van der Waals surface area contributed by atoms with Crippen LogP contribution in [0.15, 0.2) is 0 Å². The molecule has 0 saturated carbocycles. The number of hydrogen-bond acceptors (Lipinski definition) is 1. The van der Waals surface area contributed by atoms with Crippen molar-refractivity contribution in [3.63, 3.8) is 0 Å². The summed E-state index contributed by atoms with van der Waals surface area (Å²) >= 11 is 0. The summed E-state index contributed by atoms with van der Waals surface area (Å²) in [5.74, 6) is 1.54. The van der Waals surface area contributed by atoms with E-state index >= 15 is 0 Å². The van der Waals surface area contributed by atoms with E-state index in [1.54, 1.807) is 6.92 Å². The van der Waals surface area contributed by atoms with Crippen molar-refractivity contribution in [3.8, 4) is 0 Å². The Hall–Kier alpha value is -0.330. The van der Waals surface area contributed by atoms with Crippen molar-refractivity contribution in [2.75, 3.05) is 0 Å². The highest BCUT2D eigenvalue weighted by Gasteiger charge is 2.30. The standard InChI is InChI=1S/C12H24O/c1-8(9(2)11(4)13)10(3)12(5,6)7/h8-10H,1-7H3. The van der Waals surface area contributed by atoms with Crippen LogP contribution in [0.5, 0.6) is 0 Å². The van der Waals surface area contributed by atoms with E-state index in [4.69, 9.17) is 0 Å². The largest absolute Gasteiger partial charge is 0.300 e. The molecule has 3 unspecified atom stereocenters. The zero-order valence-electron chi connectivity index (χ0n) is 10.1. The van der Waals surface area contributed by atoms with Crippen molar-refractivity contribution in [2.45, 2.75) is 48.5 Å². The molecule has 0 aliphatic rings. The third-order valence-electron chi connectivity index (χ3n) is 3.58. The van der Waals surface area contributed by atoms with Crippen LogP contribution in [0.25, 0.3) is 0 Å². The fraction of sp³-hybridized carbons (Fsp3) is 0.917. The van der Waals surface area contributed by atoms with Gasteiger partial charge in [0.25, 0.3) is 0 Å². The van der Waals surface area contributed by atoms with E-state index in [1.807, 2.05) is 6.92 Å². The van der Waals surface area contributed by atoms with Crippen LogP contribution in [-0.4, -0.2) is 5.78 Å². The zero-order valence-corrected chi connectivity index (χ0v) is 10.1. The first-order valence-electron chi connectivity index (χ1n) is 5.18. The molecule has 13 heavy (non-hydrogen) atoms. The normalized spacial score (nSPS) is 19.3. The van der Waals surface area contributed by atoms with E-state index in [2.05, 4.69) is 34.6 Å². The Labute approximate surface area is 82.9 Å². The summed E-state index contributed by atoms with van der Waals surface area (Å²) in [5, 5.41) is 0. The van der Waals surface area contributed by atoms with E-state index in [-0.39, 0.29) is 5.92 Å². The minimum atomic E-state index is 0.189. The molecule has 0 aromatic rings. The molecule has 0 bridgehead atoms. The van der Waals surface area contributed by atoms with E-state index in [0.717, 1.165) is 0 Å². The van der Waals surface area contributed by atoms with Crippen LogP contribution in [0.2, 0.25) is 0 Å². The smallest absolute Gasteiger partial charge is 0.132 e. The number of hydrogen-bond donors (Lipinski definition) is 0. The first kappa shape index (κ1) is 12.7. The molecule has 0 aromatic carbocycles. The van der Waals surface area contributed by atoms with Crippen LogP contribution >= 0.6 is 0 Å². The first-order chi connectivity index (χ1) is 5.68. The topological polar surface area (TPSA) is 17.1 Å². The van der Waals surface area contributed by atoms with Gasteiger partial charge in [-0.25, -0.2) is 0 Å². The lowest BCUT2D eigenvalue weighted by Gasteiger charge is -2.34. The van der Waals surface area contributed by atoms with Crippen molar-refractivity contribution in [3.05, 3.63) is 0 Å². The fourth-order valence-corrected chi connectivity index (χ4v) is 1.59. The summed E-state index contributed by atoms with van der Waals surface area (Å²) < 4.78 is 0. The molecule has 0 spiro atoms. The second-order valence-corrected chi connectivity index (χ2v) is 5.41. The second-order valence-electron chi connectivity index (χ2n) is 5.41. The predicted octanol–water partition coefficient (Wildman–Crippen LogP) is 3.53.